The Morgan fingerprint density at radius 2 is 1.83 bits per heavy atom. The van der Waals surface area contributed by atoms with Crippen LogP contribution < -0.4 is 10.1 Å². The van der Waals surface area contributed by atoms with Gasteiger partial charge in [-0.1, -0.05) is 53.5 Å². The molecule has 0 radical (unpaired) electrons. The molecule has 0 bridgehead atoms. The van der Waals surface area contributed by atoms with Crippen molar-refractivity contribution in [2.24, 2.45) is 5.92 Å². The van der Waals surface area contributed by atoms with Crippen molar-refractivity contribution in [1.82, 2.24) is 19.9 Å². The standard InChI is InChI=1S/C35H37Cl2N5O4/c1-20-14-28(39-27-15-21(12-13-43)10-11-22(20)27)33(44)40-26-9-5-7-24(32(26)37)23-6-4-8-25(31(23)36)29-16-38-30(34(41-29)46-3)17-42-18-35(2,45)19-42/h4-9,14,16,21,43,45H,10-13,15,17-19H2,1-3H3,(H,40,44). The third-order valence-corrected chi connectivity index (χ3v) is 9.62. The maximum absolute atomic E-state index is 13.4. The summed E-state index contributed by atoms with van der Waals surface area (Å²) in [7, 11) is 1.55. The van der Waals surface area contributed by atoms with Crippen LogP contribution in [0.5, 0.6) is 5.88 Å². The lowest BCUT2D eigenvalue weighted by atomic mass is 9.83. The number of amides is 1. The second-order valence-electron chi connectivity index (χ2n) is 12.5. The fraction of sp³-hybridized carbons (Fsp3) is 0.371. The Kier molecular flexibility index (Phi) is 9.32. The first-order valence-electron chi connectivity index (χ1n) is 15.4. The van der Waals surface area contributed by atoms with Crippen LogP contribution in [0, 0.1) is 12.8 Å². The number of aryl methyl sites for hydroxylation is 1. The van der Waals surface area contributed by atoms with Gasteiger partial charge in [0.1, 0.15) is 11.4 Å². The molecule has 6 rings (SSSR count). The van der Waals surface area contributed by atoms with Gasteiger partial charge < -0.3 is 20.3 Å². The lowest BCUT2D eigenvalue weighted by molar-refractivity contribution is -0.0878. The van der Waals surface area contributed by atoms with Gasteiger partial charge in [0.2, 0.25) is 5.88 Å². The summed E-state index contributed by atoms with van der Waals surface area (Å²) in [6.45, 7) is 5.60. The Bertz CT molecular complexity index is 1790. The van der Waals surface area contributed by atoms with Gasteiger partial charge in [0.15, 0.2) is 0 Å². The zero-order valence-electron chi connectivity index (χ0n) is 26.1. The number of carbonyl (C=O) groups excluding carboxylic acids is 1. The number of halogens is 2. The van der Waals surface area contributed by atoms with Gasteiger partial charge >= 0.3 is 0 Å². The number of methoxy groups -OCH3 is 1. The molecule has 1 unspecified atom stereocenters. The van der Waals surface area contributed by atoms with Gasteiger partial charge in [0.25, 0.3) is 5.91 Å². The normalized spacial score (nSPS) is 17.2. The van der Waals surface area contributed by atoms with E-state index >= 15 is 0 Å². The number of pyridine rings is 1. The zero-order chi connectivity index (χ0) is 32.6. The third kappa shape index (κ3) is 6.61. The summed E-state index contributed by atoms with van der Waals surface area (Å²) in [5.41, 5.74) is 6.45. The summed E-state index contributed by atoms with van der Waals surface area (Å²) in [6.07, 6.45) is 5.07. The molecule has 11 heteroatoms. The van der Waals surface area contributed by atoms with Crippen LogP contribution in [0.3, 0.4) is 0 Å². The van der Waals surface area contributed by atoms with Crippen molar-refractivity contribution in [3.63, 3.8) is 0 Å². The van der Waals surface area contributed by atoms with E-state index in [-0.39, 0.29) is 12.5 Å². The van der Waals surface area contributed by atoms with Gasteiger partial charge in [-0.25, -0.2) is 9.97 Å². The van der Waals surface area contributed by atoms with Crippen molar-refractivity contribution in [1.29, 1.82) is 0 Å². The van der Waals surface area contributed by atoms with E-state index in [0.717, 1.165) is 36.9 Å². The summed E-state index contributed by atoms with van der Waals surface area (Å²) in [4.78, 5) is 29.6. The average molecular weight is 663 g/mol. The number of hydrogen-bond acceptors (Lipinski definition) is 8. The number of carbonyl (C=O) groups is 1. The molecule has 240 valence electrons. The number of aromatic nitrogens is 3. The van der Waals surface area contributed by atoms with Crippen molar-refractivity contribution in [2.45, 2.75) is 51.7 Å². The number of nitrogens with one attached hydrogen (secondary N) is 1. The van der Waals surface area contributed by atoms with Crippen LogP contribution >= 0.6 is 23.2 Å². The average Bonchev–Trinajstić information content (AvgIpc) is 3.01. The summed E-state index contributed by atoms with van der Waals surface area (Å²) in [6, 6.07) is 12.8. The van der Waals surface area contributed by atoms with Crippen LogP contribution in [-0.2, 0) is 19.4 Å². The molecule has 46 heavy (non-hydrogen) atoms. The molecule has 0 spiro atoms. The molecule has 1 saturated heterocycles. The molecule has 1 aliphatic carbocycles. The smallest absolute Gasteiger partial charge is 0.274 e. The summed E-state index contributed by atoms with van der Waals surface area (Å²) in [5.74, 6) is 0.407. The molecule has 0 saturated carbocycles. The quantitative estimate of drug-likeness (QED) is 0.196. The van der Waals surface area contributed by atoms with Crippen molar-refractivity contribution in [3.05, 3.63) is 86.9 Å². The molecule has 3 heterocycles. The number of rotatable bonds is 9. The maximum Gasteiger partial charge on any atom is 0.274 e. The second kappa shape index (κ2) is 13.3. The van der Waals surface area contributed by atoms with Gasteiger partial charge in [-0.3, -0.25) is 14.7 Å². The van der Waals surface area contributed by atoms with Crippen LogP contribution in [0.2, 0.25) is 10.0 Å². The van der Waals surface area contributed by atoms with Gasteiger partial charge in [-0.2, -0.15) is 0 Å². The number of hydrogen-bond donors (Lipinski definition) is 3. The van der Waals surface area contributed by atoms with E-state index in [9.17, 15) is 15.0 Å². The highest BCUT2D eigenvalue weighted by atomic mass is 35.5. The number of ether oxygens (including phenoxy) is 1. The van der Waals surface area contributed by atoms with E-state index in [2.05, 4.69) is 15.2 Å². The van der Waals surface area contributed by atoms with Crippen molar-refractivity contribution in [2.75, 3.05) is 32.1 Å². The molecule has 2 aromatic carbocycles. The third-order valence-electron chi connectivity index (χ3n) is 8.81. The molecule has 1 aliphatic heterocycles. The number of β-amino-alcohol motifs (C(OH)–C–C–N with tert-alkyl or cyclic N) is 1. The van der Waals surface area contributed by atoms with Gasteiger partial charge in [0, 0.05) is 48.6 Å². The van der Waals surface area contributed by atoms with E-state index in [4.69, 9.17) is 37.9 Å². The van der Waals surface area contributed by atoms with Crippen molar-refractivity contribution in [3.8, 4) is 28.3 Å². The number of likely N-dealkylation sites (tertiary alicyclic amines) is 1. The Morgan fingerprint density at radius 1 is 1.11 bits per heavy atom. The van der Waals surface area contributed by atoms with Crippen LogP contribution in [0.4, 0.5) is 5.69 Å². The van der Waals surface area contributed by atoms with E-state index in [0.29, 0.717) is 80.9 Å². The number of aliphatic hydroxyl groups is 2. The molecule has 4 aromatic rings. The highest BCUT2D eigenvalue weighted by Crippen LogP contribution is 2.41. The number of anilines is 1. The molecular weight excluding hydrogens is 625 g/mol. The fourth-order valence-electron chi connectivity index (χ4n) is 6.54. The molecule has 3 N–H and O–H groups in total. The number of fused-ring (bicyclic) bond motifs is 1. The van der Waals surface area contributed by atoms with E-state index in [1.807, 2.05) is 50.2 Å². The monoisotopic (exact) mass is 661 g/mol. The van der Waals surface area contributed by atoms with E-state index in [1.54, 1.807) is 19.4 Å². The number of nitrogens with zero attached hydrogens (tertiary/aromatic N) is 4. The summed E-state index contributed by atoms with van der Waals surface area (Å²) < 4.78 is 5.56. The van der Waals surface area contributed by atoms with Gasteiger partial charge in [-0.15, -0.1) is 0 Å². The first kappa shape index (κ1) is 32.3. The molecule has 2 aliphatic rings. The molecule has 1 fully saturated rings. The van der Waals surface area contributed by atoms with Crippen molar-refractivity contribution < 1.29 is 19.7 Å². The van der Waals surface area contributed by atoms with E-state index < -0.39 is 5.60 Å². The first-order valence-corrected chi connectivity index (χ1v) is 16.2. The SMILES string of the molecule is COc1nc(-c2cccc(-c3cccc(NC(=O)c4cc(C)c5c(n4)CC(CCO)CC5)c3Cl)c2Cl)cnc1CN1CC(C)(O)C1. The van der Waals surface area contributed by atoms with Crippen LogP contribution in [-0.4, -0.2) is 68.4 Å². The molecule has 2 aromatic heterocycles. The molecule has 1 amide bonds. The largest absolute Gasteiger partial charge is 0.480 e. The minimum absolute atomic E-state index is 0.152. The first-order chi connectivity index (χ1) is 22.1. The maximum atomic E-state index is 13.4. The summed E-state index contributed by atoms with van der Waals surface area (Å²) >= 11 is 13.9. The highest BCUT2D eigenvalue weighted by molar-refractivity contribution is 6.39. The predicted molar refractivity (Wildman–Crippen MR) is 180 cm³/mol. The van der Waals surface area contributed by atoms with E-state index in [1.165, 1.54) is 5.56 Å². The number of aliphatic hydroxyl groups excluding tert-OH is 1. The Balaban J connectivity index is 1.25. The van der Waals surface area contributed by atoms with Gasteiger partial charge in [0.05, 0.1) is 40.3 Å². The van der Waals surface area contributed by atoms with Crippen LogP contribution in [0.1, 0.15) is 52.8 Å². The fourth-order valence-corrected chi connectivity index (χ4v) is 7.14. The Morgan fingerprint density at radius 3 is 2.54 bits per heavy atom. The highest BCUT2D eigenvalue weighted by Gasteiger charge is 2.37. The minimum Gasteiger partial charge on any atom is -0.480 e. The minimum atomic E-state index is -0.683. The predicted octanol–water partition coefficient (Wildman–Crippen LogP) is 6.14. The second-order valence-corrected chi connectivity index (χ2v) is 13.3. The zero-order valence-corrected chi connectivity index (χ0v) is 27.6. The van der Waals surface area contributed by atoms with Crippen molar-refractivity contribution >= 4 is 34.8 Å². The van der Waals surface area contributed by atoms with Crippen LogP contribution in [0.25, 0.3) is 22.4 Å². The molecular formula is C35H37Cl2N5O4. The Labute approximate surface area is 278 Å². The topological polar surface area (TPSA) is 121 Å². The lowest BCUT2D eigenvalue weighted by Crippen LogP contribution is -2.59. The molecule has 1 atom stereocenters. The number of benzene rings is 2. The molecule has 9 nitrogen and oxygen atoms in total. The van der Waals surface area contributed by atoms with Gasteiger partial charge in [-0.05, 0) is 68.7 Å². The summed E-state index contributed by atoms with van der Waals surface area (Å²) in [5, 5.41) is 23.2. The lowest BCUT2D eigenvalue weighted by Gasteiger charge is -2.44. The van der Waals surface area contributed by atoms with Crippen LogP contribution in [0.15, 0.2) is 48.7 Å². The Hall–Kier alpha value is -3.60.